The number of nitrogens with zero attached hydrogens (tertiary/aromatic N) is 2. The van der Waals surface area contributed by atoms with Gasteiger partial charge in [-0.05, 0) is 43.4 Å². The Bertz CT molecular complexity index is 830. The molecule has 26 heavy (non-hydrogen) atoms. The average molecular weight is 377 g/mol. The van der Waals surface area contributed by atoms with Crippen molar-refractivity contribution in [2.75, 3.05) is 23.0 Å². The van der Waals surface area contributed by atoms with Crippen LogP contribution in [-0.2, 0) is 19.4 Å². The summed E-state index contributed by atoms with van der Waals surface area (Å²) in [4.78, 5) is 25.5. The van der Waals surface area contributed by atoms with Gasteiger partial charge in [-0.15, -0.1) is 0 Å². The summed E-state index contributed by atoms with van der Waals surface area (Å²) in [5.41, 5.74) is 4.87. The van der Waals surface area contributed by atoms with E-state index in [4.69, 9.17) is 0 Å². The monoisotopic (exact) mass is 377 g/mol. The van der Waals surface area contributed by atoms with Gasteiger partial charge in [0.15, 0.2) is 9.84 Å². The molecular formula is C18H23N3O4S. The van der Waals surface area contributed by atoms with Crippen LogP contribution in [0.2, 0.25) is 0 Å². The Labute approximate surface area is 153 Å². The van der Waals surface area contributed by atoms with E-state index in [0.29, 0.717) is 18.6 Å². The van der Waals surface area contributed by atoms with Crippen molar-refractivity contribution in [3.63, 3.8) is 0 Å². The van der Waals surface area contributed by atoms with Crippen molar-refractivity contribution in [3.05, 3.63) is 29.8 Å². The first-order valence-corrected chi connectivity index (χ1v) is 10.6. The molecule has 1 N–H and O–H groups in total. The van der Waals surface area contributed by atoms with E-state index < -0.39 is 9.84 Å². The third-order valence-electron chi connectivity index (χ3n) is 4.82. The number of rotatable bonds is 5. The predicted octanol–water partition coefficient (Wildman–Crippen LogP) is 1.48. The number of nitrogens with one attached hydrogen (secondary N) is 1. The minimum absolute atomic E-state index is 0.0831. The molecule has 140 valence electrons. The van der Waals surface area contributed by atoms with Gasteiger partial charge in [0.05, 0.1) is 17.2 Å². The molecule has 0 aliphatic carbocycles. The van der Waals surface area contributed by atoms with Crippen LogP contribution < -0.4 is 10.3 Å². The lowest BCUT2D eigenvalue weighted by atomic mass is 10.1. The highest BCUT2D eigenvalue weighted by molar-refractivity contribution is 7.91. The molecule has 2 aliphatic heterocycles. The fourth-order valence-corrected chi connectivity index (χ4v) is 5.22. The van der Waals surface area contributed by atoms with Crippen LogP contribution in [0.15, 0.2) is 29.4 Å². The maximum atomic E-state index is 12.0. The molecule has 8 heteroatoms. The molecule has 2 fully saturated rings. The van der Waals surface area contributed by atoms with Crippen molar-refractivity contribution >= 4 is 33.1 Å². The Morgan fingerprint density at radius 2 is 2.04 bits per heavy atom. The van der Waals surface area contributed by atoms with Crippen LogP contribution in [-0.4, -0.2) is 44.0 Å². The highest BCUT2D eigenvalue weighted by atomic mass is 32.2. The van der Waals surface area contributed by atoms with Gasteiger partial charge in [0.1, 0.15) is 0 Å². The van der Waals surface area contributed by atoms with Gasteiger partial charge in [0.2, 0.25) is 11.8 Å². The van der Waals surface area contributed by atoms with Crippen molar-refractivity contribution in [3.8, 4) is 0 Å². The Kier molecular flexibility index (Phi) is 5.41. The average Bonchev–Trinajstić information content (AvgIpc) is 3.18. The van der Waals surface area contributed by atoms with E-state index in [9.17, 15) is 18.0 Å². The second kappa shape index (κ2) is 7.57. The lowest BCUT2D eigenvalue weighted by Crippen LogP contribution is -2.24. The normalized spacial score (nSPS) is 22.7. The van der Waals surface area contributed by atoms with Gasteiger partial charge in [-0.1, -0.05) is 12.1 Å². The second-order valence-electron chi connectivity index (χ2n) is 6.90. The Morgan fingerprint density at radius 1 is 1.31 bits per heavy atom. The van der Waals surface area contributed by atoms with Crippen molar-refractivity contribution in [1.82, 2.24) is 5.43 Å². The van der Waals surface area contributed by atoms with Crippen LogP contribution in [0.1, 0.15) is 38.2 Å². The number of anilines is 1. The predicted molar refractivity (Wildman–Crippen MR) is 99.8 cm³/mol. The lowest BCUT2D eigenvalue weighted by Gasteiger charge is -2.15. The van der Waals surface area contributed by atoms with E-state index in [0.717, 1.165) is 24.2 Å². The number of hydrogen-bond acceptors (Lipinski definition) is 5. The molecule has 1 aromatic carbocycles. The summed E-state index contributed by atoms with van der Waals surface area (Å²) < 4.78 is 22.9. The Morgan fingerprint density at radius 3 is 2.62 bits per heavy atom. The van der Waals surface area contributed by atoms with Gasteiger partial charge >= 0.3 is 0 Å². The number of carbonyl (C=O) groups excluding carboxylic acids is 2. The van der Waals surface area contributed by atoms with Gasteiger partial charge < -0.3 is 4.90 Å². The standard InChI is InChI=1S/C18H23N3O4S/c1-13(19-20-17(22)11-14-8-10-26(24,25)12-14)15-4-6-16(7-5-15)21-9-2-3-18(21)23/h4-7,14H,2-3,8-12H2,1H3,(H,20,22)/b19-13-/t14-/m1/s1. The molecule has 2 amide bonds. The van der Waals surface area contributed by atoms with E-state index in [1.54, 1.807) is 11.8 Å². The summed E-state index contributed by atoms with van der Waals surface area (Å²) in [6, 6.07) is 7.50. The van der Waals surface area contributed by atoms with E-state index in [2.05, 4.69) is 10.5 Å². The number of hydrogen-bond donors (Lipinski definition) is 1. The van der Waals surface area contributed by atoms with E-state index >= 15 is 0 Å². The zero-order valence-electron chi connectivity index (χ0n) is 14.8. The van der Waals surface area contributed by atoms with Crippen molar-refractivity contribution < 1.29 is 18.0 Å². The smallest absolute Gasteiger partial charge is 0.240 e. The number of amides is 2. The Hall–Kier alpha value is -2.22. The quantitative estimate of drug-likeness (QED) is 0.621. The van der Waals surface area contributed by atoms with Crippen LogP contribution in [0.5, 0.6) is 0 Å². The molecule has 0 bridgehead atoms. The van der Waals surface area contributed by atoms with Crippen LogP contribution in [0.4, 0.5) is 5.69 Å². The first kappa shape index (κ1) is 18.6. The first-order chi connectivity index (χ1) is 12.3. The lowest BCUT2D eigenvalue weighted by molar-refractivity contribution is -0.121. The summed E-state index contributed by atoms with van der Waals surface area (Å²) in [6.45, 7) is 2.54. The summed E-state index contributed by atoms with van der Waals surface area (Å²) in [6.07, 6.45) is 2.19. The maximum absolute atomic E-state index is 12.0. The van der Waals surface area contributed by atoms with Gasteiger partial charge in [0, 0.05) is 25.1 Å². The topological polar surface area (TPSA) is 95.9 Å². The van der Waals surface area contributed by atoms with Gasteiger partial charge in [-0.2, -0.15) is 5.10 Å². The molecule has 0 aromatic heterocycles. The summed E-state index contributed by atoms with van der Waals surface area (Å²) in [5, 5.41) is 4.10. The fourth-order valence-electron chi connectivity index (χ4n) is 3.36. The molecule has 2 heterocycles. The number of benzene rings is 1. The van der Waals surface area contributed by atoms with Crippen LogP contribution >= 0.6 is 0 Å². The molecule has 0 radical (unpaired) electrons. The molecule has 0 spiro atoms. The first-order valence-electron chi connectivity index (χ1n) is 8.78. The highest BCUT2D eigenvalue weighted by Gasteiger charge is 2.29. The van der Waals surface area contributed by atoms with Crippen LogP contribution in [0.25, 0.3) is 0 Å². The van der Waals surface area contributed by atoms with Gasteiger partial charge in [0.25, 0.3) is 0 Å². The van der Waals surface area contributed by atoms with Gasteiger partial charge in [-0.3, -0.25) is 9.59 Å². The van der Waals surface area contributed by atoms with E-state index in [1.807, 2.05) is 24.3 Å². The van der Waals surface area contributed by atoms with Crippen LogP contribution in [0, 0.1) is 5.92 Å². The third-order valence-corrected chi connectivity index (χ3v) is 6.66. The number of sulfone groups is 1. The molecule has 3 rings (SSSR count). The number of carbonyl (C=O) groups is 2. The highest BCUT2D eigenvalue weighted by Crippen LogP contribution is 2.22. The zero-order valence-corrected chi connectivity index (χ0v) is 15.6. The molecule has 2 saturated heterocycles. The SMILES string of the molecule is C/C(=N/NC(=O)C[C@H]1CCS(=O)(=O)C1)c1ccc(N2CCCC2=O)cc1. The minimum atomic E-state index is -2.97. The van der Waals surface area contributed by atoms with E-state index in [-0.39, 0.29) is 35.7 Å². The molecule has 2 aliphatic rings. The minimum Gasteiger partial charge on any atom is -0.312 e. The zero-order chi connectivity index (χ0) is 18.7. The molecule has 0 saturated carbocycles. The van der Waals surface area contributed by atoms with E-state index in [1.165, 1.54) is 0 Å². The Balaban J connectivity index is 1.55. The third kappa shape index (κ3) is 4.49. The van der Waals surface area contributed by atoms with Crippen molar-refractivity contribution in [1.29, 1.82) is 0 Å². The summed E-state index contributed by atoms with van der Waals surface area (Å²) in [7, 11) is -2.97. The summed E-state index contributed by atoms with van der Waals surface area (Å²) >= 11 is 0. The molecule has 0 unspecified atom stereocenters. The second-order valence-corrected chi connectivity index (χ2v) is 9.13. The molecule has 7 nitrogen and oxygen atoms in total. The van der Waals surface area contributed by atoms with Gasteiger partial charge in [-0.25, -0.2) is 13.8 Å². The van der Waals surface area contributed by atoms with Crippen molar-refractivity contribution in [2.24, 2.45) is 11.0 Å². The summed E-state index contributed by atoms with van der Waals surface area (Å²) in [5.74, 6) is 0.00156. The van der Waals surface area contributed by atoms with Crippen molar-refractivity contribution in [2.45, 2.75) is 32.6 Å². The molecule has 1 aromatic rings. The maximum Gasteiger partial charge on any atom is 0.240 e. The number of hydrazone groups is 1. The molecule has 1 atom stereocenters. The van der Waals surface area contributed by atoms with Crippen LogP contribution in [0.3, 0.4) is 0 Å². The fraction of sp³-hybridized carbons (Fsp3) is 0.500. The molecular weight excluding hydrogens is 354 g/mol. The largest absolute Gasteiger partial charge is 0.312 e.